The molecule has 3 nitrogen and oxygen atoms in total. The minimum absolute atomic E-state index is 0.168. The molecular weight excluding hydrogens is 303 g/mol. The molecule has 1 N–H and O–H groups in total. The molecule has 2 atom stereocenters. The molecule has 0 spiro atoms. The standard InChI is InChI=1S/C20H25FN2O/c1-15-12-23(13-16(2)24-15)14-18-8-4-6-10-20(18)22-11-17-7-3-5-9-19(17)21/h3-10,15-16,22H,11-14H2,1-2H3. The second kappa shape index (κ2) is 7.77. The summed E-state index contributed by atoms with van der Waals surface area (Å²) in [5.74, 6) is -0.168. The second-order valence-corrected chi connectivity index (χ2v) is 6.55. The van der Waals surface area contributed by atoms with Gasteiger partial charge in [-0.25, -0.2) is 4.39 Å². The van der Waals surface area contributed by atoms with Gasteiger partial charge in [-0.15, -0.1) is 0 Å². The molecule has 3 rings (SSSR count). The van der Waals surface area contributed by atoms with E-state index in [1.807, 2.05) is 18.2 Å². The summed E-state index contributed by atoms with van der Waals surface area (Å²) >= 11 is 0. The van der Waals surface area contributed by atoms with E-state index in [9.17, 15) is 4.39 Å². The molecule has 2 unspecified atom stereocenters. The molecule has 0 bridgehead atoms. The summed E-state index contributed by atoms with van der Waals surface area (Å²) in [7, 11) is 0. The first-order valence-corrected chi connectivity index (χ1v) is 8.55. The van der Waals surface area contributed by atoms with Crippen molar-refractivity contribution in [1.82, 2.24) is 4.90 Å². The van der Waals surface area contributed by atoms with Crippen molar-refractivity contribution in [3.63, 3.8) is 0 Å². The average Bonchev–Trinajstić information content (AvgIpc) is 2.54. The Morgan fingerprint density at radius 2 is 1.62 bits per heavy atom. The van der Waals surface area contributed by atoms with Crippen LogP contribution in [0, 0.1) is 5.82 Å². The zero-order chi connectivity index (χ0) is 16.9. The largest absolute Gasteiger partial charge is 0.381 e. The van der Waals surface area contributed by atoms with Crippen LogP contribution in [0.1, 0.15) is 25.0 Å². The molecule has 1 aliphatic rings. The highest BCUT2D eigenvalue weighted by Gasteiger charge is 2.22. The highest BCUT2D eigenvalue weighted by Crippen LogP contribution is 2.21. The Hall–Kier alpha value is -1.91. The molecule has 1 saturated heterocycles. The summed E-state index contributed by atoms with van der Waals surface area (Å²) in [6.07, 6.45) is 0.513. The van der Waals surface area contributed by atoms with Crippen LogP contribution in [0.3, 0.4) is 0 Å². The van der Waals surface area contributed by atoms with E-state index < -0.39 is 0 Å². The van der Waals surface area contributed by atoms with Crippen LogP contribution in [0.15, 0.2) is 48.5 Å². The van der Waals surface area contributed by atoms with Crippen LogP contribution < -0.4 is 5.32 Å². The summed E-state index contributed by atoms with van der Waals surface area (Å²) in [5, 5.41) is 3.38. The zero-order valence-corrected chi connectivity index (χ0v) is 14.3. The number of hydrogen-bond donors (Lipinski definition) is 1. The lowest BCUT2D eigenvalue weighted by atomic mass is 10.1. The third kappa shape index (κ3) is 4.34. The predicted molar refractivity (Wildman–Crippen MR) is 95.5 cm³/mol. The van der Waals surface area contributed by atoms with Crippen molar-refractivity contribution < 1.29 is 9.13 Å². The lowest BCUT2D eigenvalue weighted by molar-refractivity contribution is -0.0704. The molecule has 0 saturated carbocycles. The third-order valence-corrected chi connectivity index (χ3v) is 4.33. The highest BCUT2D eigenvalue weighted by atomic mass is 19.1. The van der Waals surface area contributed by atoms with Crippen molar-refractivity contribution in [1.29, 1.82) is 0 Å². The van der Waals surface area contributed by atoms with Crippen molar-refractivity contribution in [2.24, 2.45) is 0 Å². The first-order chi connectivity index (χ1) is 11.6. The molecule has 1 fully saturated rings. The number of morpholine rings is 1. The molecule has 4 heteroatoms. The number of rotatable bonds is 5. The minimum atomic E-state index is -0.168. The Balaban J connectivity index is 1.68. The van der Waals surface area contributed by atoms with Gasteiger partial charge in [0.2, 0.25) is 0 Å². The molecule has 0 amide bonds. The minimum Gasteiger partial charge on any atom is -0.381 e. The number of para-hydroxylation sites is 1. The topological polar surface area (TPSA) is 24.5 Å². The van der Waals surface area contributed by atoms with Crippen molar-refractivity contribution in [3.05, 3.63) is 65.5 Å². The maximum absolute atomic E-state index is 13.8. The van der Waals surface area contributed by atoms with Gasteiger partial charge in [0.05, 0.1) is 12.2 Å². The van der Waals surface area contributed by atoms with Gasteiger partial charge in [0.1, 0.15) is 5.82 Å². The van der Waals surface area contributed by atoms with Crippen molar-refractivity contribution in [2.45, 2.75) is 39.1 Å². The summed E-state index contributed by atoms with van der Waals surface area (Å²) in [5.41, 5.74) is 2.98. The van der Waals surface area contributed by atoms with E-state index >= 15 is 0 Å². The summed E-state index contributed by atoms with van der Waals surface area (Å²) in [6, 6.07) is 15.2. The van der Waals surface area contributed by atoms with Crippen LogP contribution in [0.5, 0.6) is 0 Å². The highest BCUT2D eigenvalue weighted by molar-refractivity contribution is 5.51. The fraction of sp³-hybridized carbons (Fsp3) is 0.400. The molecular formula is C20H25FN2O. The Morgan fingerprint density at radius 3 is 2.33 bits per heavy atom. The number of ether oxygens (including phenoxy) is 1. The fourth-order valence-corrected chi connectivity index (χ4v) is 3.32. The Morgan fingerprint density at radius 1 is 1.00 bits per heavy atom. The summed E-state index contributed by atoms with van der Waals surface area (Å²) in [6.45, 7) is 7.46. The van der Waals surface area contributed by atoms with Gasteiger partial charge in [0, 0.05) is 37.4 Å². The van der Waals surface area contributed by atoms with Crippen molar-refractivity contribution in [3.8, 4) is 0 Å². The van der Waals surface area contributed by atoms with Gasteiger partial charge in [0.15, 0.2) is 0 Å². The predicted octanol–water partition coefficient (Wildman–Crippen LogP) is 4.05. The quantitative estimate of drug-likeness (QED) is 0.896. The van der Waals surface area contributed by atoms with E-state index in [0.717, 1.165) is 25.3 Å². The number of hydrogen-bond acceptors (Lipinski definition) is 3. The van der Waals surface area contributed by atoms with E-state index in [-0.39, 0.29) is 18.0 Å². The van der Waals surface area contributed by atoms with Crippen molar-refractivity contribution in [2.75, 3.05) is 18.4 Å². The SMILES string of the molecule is CC1CN(Cc2ccccc2NCc2ccccc2F)CC(C)O1. The van der Waals surface area contributed by atoms with Gasteiger partial charge in [0.25, 0.3) is 0 Å². The monoisotopic (exact) mass is 328 g/mol. The van der Waals surface area contributed by atoms with Gasteiger partial charge < -0.3 is 10.1 Å². The molecule has 0 radical (unpaired) electrons. The number of anilines is 1. The lowest BCUT2D eigenvalue weighted by Gasteiger charge is -2.35. The van der Waals surface area contributed by atoms with Gasteiger partial charge in [-0.05, 0) is 31.5 Å². The van der Waals surface area contributed by atoms with E-state index in [1.165, 1.54) is 11.6 Å². The number of benzene rings is 2. The maximum atomic E-state index is 13.8. The van der Waals surface area contributed by atoms with Gasteiger partial charge in [-0.2, -0.15) is 0 Å². The molecule has 2 aromatic rings. The normalized spacial score (nSPS) is 21.6. The smallest absolute Gasteiger partial charge is 0.128 e. The van der Waals surface area contributed by atoms with Crippen LogP contribution >= 0.6 is 0 Å². The summed E-state index contributed by atoms with van der Waals surface area (Å²) < 4.78 is 19.6. The first kappa shape index (κ1) is 16.9. The van der Waals surface area contributed by atoms with Gasteiger partial charge in [-0.1, -0.05) is 36.4 Å². The molecule has 1 aliphatic heterocycles. The average molecular weight is 328 g/mol. The van der Waals surface area contributed by atoms with E-state index in [2.05, 4.69) is 42.3 Å². The van der Waals surface area contributed by atoms with E-state index in [4.69, 9.17) is 4.74 Å². The Bertz CT molecular complexity index is 666. The summed E-state index contributed by atoms with van der Waals surface area (Å²) in [4.78, 5) is 2.42. The molecule has 0 aromatic heterocycles. The van der Waals surface area contributed by atoms with Crippen molar-refractivity contribution >= 4 is 5.69 Å². The molecule has 2 aromatic carbocycles. The third-order valence-electron chi connectivity index (χ3n) is 4.33. The number of nitrogens with zero attached hydrogens (tertiary/aromatic N) is 1. The molecule has 1 heterocycles. The van der Waals surface area contributed by atoms with Gasteiger partial charge >= 0.3 is 0 Å². The molecule has 0 aliphatic carbocycles. The van der Waals surface area contributed by atoms with E-state index in [0.29, 0.717) is 12.1 Å². The zero-order valence-electron chi connectivity index (χ0n) is 14.3. The number of halogens is 1. The van der Waals surface area contributed by atoms with Gasteiger partial charge in [-0.3, -0.25) is 4.90 Å². The first-order valence-electron chi connectivity index (χ1n) is 8.55. The second-order valence-electron chi connectivity index (χ2n) is 6.55. The Labute approximate surface area is 143 Å². The van der Waals surface area contributed by atoms with E-state index in [1.54, 1.807) is 6.07 Å². The van der Waals surface area contributed by atoms with Crippen LogP contribution in [0.4, 0.5) is 10.1 Å². The number of nitrogens with one attached hydrogen (secondary N) is 1. The molecule has 24 heavy (non-hydrogen) atoms. The lowest BCUT2D eigenvalue weighted by Crippen LogP contribution is -2.44. The van der Waals surface area contributed by atoms with Crippen LogP contribution in [0.25, 0.3) is 0 Å². The Kier molecular flexibility index (Phi) is 5.48. The van der Waals surface area contributed by atoms with Crippen LogP contribution in [0.2, 0.25) is 0 Å². The maximum Gasteiger partial charge on any atom is 0.128 e. The molecule has 128 valence electrons. The fourth-order valence-electron chi connectivity index (χ4n) is 3.32. The van der Waals surface area contributed by atoms with Crippen LogP contribution in [-0.4, -0.2) is 30.2 Å². The van der Waals surface area contributed by atoms with Crippen LogP contribution in [-0.2, 0) is 17.8 Å².